The third kappa shape index (κ3) is 6.60. The van der Waals surface area contributed by atoms with E-state index in [-0.39, 0.29) is 18.4 Å². The van der Waals surface area contributed by atoms with Gasteiger partial charge in [0.25, 0.3) is 5.91 Å². The Balaban J connectivity index is 2.17. The van der Waals surface area contributed by atoms with E-state index in [4.69, 9.17) is 4.74 Å². The van der Waals surface area contributed by atoms with Crippen molar-refractivity contribution in [2.75, 3.05) is 13.2 Å². The van der Waals surface area contributed by atoms with Crippen molar-refractivity contribution >= 4 is 27.7 Å². The molecule has 6 heteroatoms. The zero-order chi connectivity index (χ0) is 21.2. The number of nitrogens with zero attached hydrogens (tertiary/aromatic N) is 1. The van der Waals surface area contributed by atoms with Gasteiger partial charge in [-0.2, -0.15) is 0 Å². The Labute approximate surface area is 181 Å². The lowest BCUT2D eigenvalue weighted by molar-refractivity contribution is -0.142. The van der Waals surface area contributed by atoms with Crippen molar-refractivity contribution in [3.05, 3.63) is 64.1 Å². The van der Waals surface area contributed by atoms with E-state index in [2.05, 4.69) is 28.2 Å². The zero-order valence-corrected chi connectivity index (χ0v) is 18.9. The molecule has 0 spiro atoms. The molecule has 5 nitrogen and oxygen atoms in total. The maximum Gasteiger partial charge on any atom is 0.261 e. The predicted molar refractivity (Wildman–Crippen MR) is 119 cm³/mol. The Morgan fingerprint density at radius 2 is 1.79 bits per heavy atom. The van der Waals surface area contributed by atoms with Gasteiger partial charge >= 0.3 is 0 Å². The third-order valence-corrected chi connectivity index (χ3v) is 5.31. The van der Waals surface area contributed by atoms with Crippen molar-refractivity contribution in [1.29, 1.82) is 0 Å². The standard InChI is InChI=1S/C23H29BrN2O3/c1-4-17-12-13-21(19(24)14-17)29-16-22(27)26(15-18-10-8-7-9-11-18)20(5-2)23(28)25-6-3/h7-14,20H,4-6,15-16H2,1-3H3,(H,25,28)/t20-/m1/s1. The maximum absolute atomic E-state index is 13.1. The minimum Gasteiger partial charge on any atom is -0.483 e. The smallest absolute Gasteiger partial charge is 0.261 e. The lowest BCUT2D eigenvalue weighted by Crippen LogP contribution is -2.50. The highest BCUT2D eigenvalue weighted by Crippen LogP contribution is 2.26. The number of hydrogen-bond donors (Lipinski definition) is 1. The van der Waals surface area contributed by atoms with Gasteiger partial charge in [0, 0.05) is 13.1 Å². The molecule has 2 amide bonds. The second kappa shape index (κ2) is 11.6. The molecule has 29 heavy (non-hydrogen) atoms. The first kappa shape index (κ1) is 22.9. The van der Waals surface area contributed by atoms with E-state index in [1.54, 1.807) is 4.90 Å². The summed E-state index contributed by atoms with van der Waals surface area (Å²) in [6.07, 6.45) is 1.45. The topological polar surface area (TPSA) is 58.6 Å². The molecule has 1 atom stereocenters. The molecular weight excluding hydrogens is 432 g/mol. The van der Waals surface area contributed by atoms with Gasteiger partial charge in [-0.3, -0.25) is 9.59 Å². The van der Waals surface area contributed by atoms with Gasteiger partial charge in [0.1, 0.15) is 11.8 Å². The summed E-state index contributed by atoms with van der Waals surface area (Å²) in [5.41, 5.74) is 2.15. The number of aryl methyl sites for hydroxylation is 1. The van der Waals surface area contributed by atoms with Gasteiger partial charge in [0.05, 0.1) is 4.47 Å². The highest BCUT2D eigenvalue weighted by Gasteiger charge is 2.28. The van der Waals surface area contributed by atoms with E-state index in [1.807, 2.05) is 62.4 Å². The molecular formula is C23H29BrN2O3. The first-order valence-corrected chi connectivity index (χ1v) is 10.8. The molecule has 2 aromatic rings. The highest BCUT2D eigenvalue weighted by molar-refractivity contribution is 9.10. The van der Waals surface area contributed by atoms with Crippen molar-refractivity contribution in [1.82, 2.24) is 10.2 Å². The van der Waals surface area contributed by atoms with Crippen LogP contribution in [0.25, 0.3) is 0 Å². The molecule has 0 saturated carbocycles. The van der Waals surface area contributed by atoms with Crippen LogP contribution in [0.3, 0.4) is 0 Å². The fraction of sp³-hybridized carbons (Fsp3) is 0.391. The summed E-state index contributed by atoms with van der Waals surface area (Å²) in [6.45, 7) is 6.61. The van der Waals surface area contributed by atoms with Gasteiger partial charge in [0.2, 0.25) is 5.91 Å². The Kier molecular flexibility index (Phi) is 9.19. The number of likely N-dealkylation sites (N-methyl/N-ethyl adjacent to an activating group) is 1. The van der Waals surface area contributed by atoms with Crippen LogP contribution in [0.1, 0.15) is 38.3 Å². The van der Waals surface area contributed by atoms with E-state index in [0.29, 0.717) is 25.3 Å². The molecule has 0 unspecified atom stereocenters. The van der Waals surface area contributed by atoms with Gasteiger partial charge in [-0.25, -0.2) is 0 Å². The molecule has 2 rings (SSSR count). The number of benzene rings is 2. The molecule has 0 aliphatic rings. The summed E-state index contributed by atoms with van der Waals surface area (Å²) in [5, 5.41) is 2.83. The number of carbonyl (C=O) groups excluding carboxylic acids is 2. The average Bonchev–Trinajstić information content (AvgIpc) is 2.73. The third-order valence-electron chi connectivity index (χ3n) is 4.69. The van der Waals surface area contributed by atoms with Gasteiger partial charge in [-0.1, -0.05) is 50.2 Å². The van der Waals surface area contributed by atoms with Crippen molar-refractivity contribution < 1.29 is 14.3 Å². The minimum atomic E-state index is -0.544. The number of rotatable bonds is 10. The van der Waals surface area contributed by atoms with Crippen LogP contribution in [0.4, 0.5) is 0 Å². The largest absolute Gasteiger partial charge is 0.483 e. The van der Waals surface area contributed by atoms with E-state index in [1.165, 1.54) is 5.56 Å². The van der Waals surface area contributed by atoms with Crippen molar-refractivity contribution in [3.63, 3.8) is 0 Å². The monoisotopic (exact) mass is 460 g/mol. The Morgan fingerprint density at radius 1 is 1.07 bits per heavy atom. The predicted octanol–water partition coefficient (Wildman–Crippen LogP) is 4.33. The normalized spacial score (nSPS) is 11.6. The van der Waals surface area contributed by atoms with Crippen molar-refractivity contribution in [3.8, 4) is 5.75 Å². The maximum atomic E-state index is 13.1. The number of ether oxygens (including phenoxy) is 1. The minimum absolute atomic E-state index is 0.132. The van der Waals surface area contributed by atoms with Gasteiger partial charge in [-0.05, 0) is 59.0 Å². The fourth-order valence-electron chi connectivity index (χ4n) is 3.10. The Bertz CT molecular complexity index is 811. The van der Waals surface area contributed by atoms with E-state index in [9.17, 15) is 9.59 Å². The molecule has 0 aromatic heterocycles. The molecule has 0 bridgehead atoms. The number of amides is 2. The van der Waals surface area contributed by atoms with Crippen LogP contribution < -0.4 is 10.1 Å². The summed E-state index contributed by atoms with van der Waals surface area (Å²) >= 11 is 3.50. The SMILES string of the molecule is CCNC(=O)[C@@H](CC)N(Cc1ccccc1)C(=O)COc1ccc(CC)cc1Br. The zero-order valence-electron chi connectivity index (χ0n) is 17.3. The second-order valence-electron chi connectivity index (χ2n) is 6.73. The van der Waals surface area contributed by atoms with Crippen LogP contribution in [0.2, 0.25) is 0 Å². The molecule has 0 radical (unpaired) electrons. The van der Waals surface area contributed by atoms with Crippen LogP contribution in [0.5, 0.6) is 5.75 Å². The van der Waals surface area contributed by atoms with Gasteiger partial charge < -0.3 is 15.0 Å². The lowest BCUT2D eigenvalue weighted by Gasteiger charge is -2.30. The summed E-state index contributed by atoms with van der Waals surface area (Å²) in [7, 11) is 0. The van der Waals surface area contributed by atoms with E-state index in [0.717, 1.165) is 16.5 Å². The fourth-order valence-corrected chi connectivity index (χ4v) is 3.64. The molecule has 1 N–H and O–H groups in total. The number of carbonyl (C=O) groups is 2. The van der Waals surface area contributed by atoms with Crippen molar-refractivity contribution in [2.24, 2.45) is 0 Å². The molecule has 0 saturated heterocycles. The number of nitrogens with one attached hydrogen (secondary N) is 1. The quantitative estimate of drug-likeness (QED) is 0.573. The molecule has 0 aliphatic carbocycles. The van der Waals surface area contributed by atoms with E-state index < -0.39 is 6.04 Å². The van der Waals surface area contributed by atoms with Gasteiger partial charge in [-0.15, -0.1) is 0 Å². The number of halogens is 1. The van der Waals surface area contributed by atoms with Gasteiger partial charge in [0.15, 0.2) is 6.61 Å². The first-order chi connectivity index (χ1) is 14.0. The molecule has 0 heterocycles. The highest BCUT2D eigenvalue weighted by atomic mass is 79.9. The molecule has 0 aliphatic heterocycles. The van der Waals surface area contributed by atoms with E-state index >= 15 is 0 Å². The molecule has 0 fully saturated rings. The molecule has 156 valence electrons. The Hall–Kier alpha value is -2.34. The summed E-state index contributed by atoms with van der Waals surface area (Å²) in [4.78, 5) is 27.2. The Morgan fingerprint density at radius 3 is 2.38 bits per heavy atom. The average molecular weight is 461 g/mol. The van der Waals surface area contributed by atoms with Crippen LogP contribution in [-0.4, -0.2) is 35.9 Å². The number of hydrogen-bond acceptors (Lipinski definition) is 3. The van der Waals surface area contributed by atoms with Crippen LogP contribution in [-0.2, 0) is 22.6 Å². The van der Waals surface area contributed by atoms with Crippen LogP contribution in [0.15, 0.2) is 53.0 Å². The summed E-state index contributed by atoms with van der Waals surface area (Å²) in [5.74, 6) is 0.243. The molecule has 2 aromatic carbocycles. The van der Waals surface area contributed by atoms with Crippen molar-refractivity contribution in [2.45, 2.75) is 46.2 Å². The summed E-state index contributed by atoms with van der Waals surface area (Å²) < 4.78 is 6.60. The van der Waals surface area contributed by atoms with Crippen LogP contribution >= 0.6 is 15.9 Å². The lowest BCUT2D eigenvalue weighted by atomic mass is 10.1. The van der Waals surface area contributed by atoms with Crippen LogP contribution in [0, 0.1) is 0 Å². The first-order valence-electron chi connectivity index (χ1n) is 10.0. The summed E-state index contributed by atoms with van der Waals surface area (Å²) in [6, 6.07) is 15.0. The second-order valence-corrected chi connectivity index (χ2v) is 7.59.